The molecule has 0 aliphatic carbocycles. The molecule has 62 valence electrons. The van der Waals surface area contributed by atoms with E-state index in [0.29, 0.717) is 6.54 Å². The van der Waals surface area contributed by atoms with Crippen LogP contribution in [0.3, 0.4) is 0 Å². The zero-order valence-electron chi connectivity index (χ0n) is 6.09. The number of rotatable bonds is 2. The summed E-state index contributed by atoms with van der Waals surface area (Å²) in [7, 11) is 0. The van der Waals surface area contributed by atoms with Gasteiger partial charge in [-0.3, -0.25) is 0 Å². The van der Waals surface area contributed by atoms with Gasteiger partial charge in [0.2, 0.25) is 0 Å². The summed E-state index contributed by atoms with van der Waals surface area (Å²) >= 11 is 5.85. The van der Waals surface area contributed by atoms with Crippen LogP contribution in [0.15, 0.2) is 24.3 Å². The molecule has 0 heterocycles. The van der Waals surface area contributed by atoms with E-state index in [2.05, 4.69) is 0 Å². The van der Waals surface area contributed by atoms with Gasteiger partial charge in [-0.1, -0.05) is 29.8 Å². The fourth-order valence-corrected chi connectivity index (χ4v) is 1.09. The van der Waals surface area contributed by atoms with Crippen molar-refractivity contribution in [3.63, 3.8) is 0 Å². The van der Waals surface area contributed by atoms with E-state index >= 15 is 0 Å². The maximum Gasteiger partial charge on any atom is 0.0438 e. The average Bonchev–Trinajstić information content (AvgIpc) is 1.94. The van der Waals surface area contributed by atoms with Gasteiger partial charge in [0, 0.05) is 5.02 Å². The number of nitrogens with two attached hydrogens (primary N) is 1. The molecule has 3 heteroatoms. The fraction of sp³-hybridized carbons (Fsp3) is 0.250. The Morgan fingerprint density at radius 2 is 1.91 bits per heavy atom. The van der Waals surface area contributed by atoms with Crippen LogP contribution >= 0.6 is 35.6 Å². The first kappa shape index (κ1) is 11.2. The second-order valence-electron chi connectivity index (χ2n) is 2.13. The Hall–Kier alpha value is 0.200. The molecule has 0 aromatic heterocycles. The van der Waals surface area contributed by atoms with Crippen LogP contribution in [0.25, 0.3) is 0 Å². The first-order chi connectivity index (χ1) is 4.84. The number of halogens is 2. The molecule has 11 heavy (non-hydrogen) atoms. The van der Waals surface area contributed by atoms with E-state index in [4.69, 9.17) is 17.3 Å². The van der Waals surface area contributed by atoms with E-state index in [-0.39, 0.29) is 24.0 Å². The SMILES string of the molecule is I.NCCc1ccccc1Cl. The van der Waals surface area contributed by atoms with Gasteiger partial charge in [0.1, 0.15) is 0 Å². The standard InChI is InChI=1S/C8H10ClN.HI/c9-8-4-2-1-3-7(8)5-6-10;/h1-4H,5-6,10H2;1H. The molecular weight excluding hydrogens is 272 g/mol. The van der Waals surface area contributed by atoms with Crippen LogP contribution in [0.1, 0.15) is 5.56 Å². The van der Waals surface area contributed by atoms with E-state index in [1.54, 1.807) is 0 Å². The summed E-state index contributed by atoms with van der Waals surface area (Å²) < 4.78 is 0. The van der Waals surface area contributed by atoms with E-state index in [0.717, 1.165) is 17.0 Å². The Balaban J connectivity index is 0.000001000. The molecule has 0 unspecified atom stereocenters. The quantitative estimate of drug-likeness (QED) is 0.829. The Kier molecular flexibility index (Phi) is 5.91. The minimum atomic E-state index is 0. The fourth-order valence-electron chi connectivity index (χ4n) is 0.857. The van der Waals surface area contributed by atoms with Crippen molar-refractivity contribution in [2.24, 2.45) is 5.73 Å². The first-order valence-electron chi connectivity index (χ1n) is 3.28. The van der Waals surface area contributed by atoms with Crippen LogP contribution in [0.2, 0.25) is 5.02 Å². The van der Waals surface area contributed by atoms with Crippen LogP contribution in [0, 0.1) is 0 Å². The van der Waals surface area contributed by atoms with Crippen molar-refractivity contribution in [2.45, 2.75) is 6.42 Å². The summed E-state index contributed by atoms with van der Waals surface area (Å²) in [6.45, 7) is 0.656. The van der Waals surface area contributed by atoms with Crippen molar-refractivity contribution < 1.29 is 0 Å². The molecule has 0 atom stereocenters. The lowest BCUT2D eigenvalue weighted by Crippen LogP contribution is -2.02. The minimum Gasteiger partial charge on any atom is -0.330 e. The zero-order chi connectivity index (χ0) is 7.40. The maximum absolute atomic E-state index is 5.85. The lowest BCUT2D eigenvalue weighted by atomic mass is 10.1. The summed E-state index contributed by atoms with van der Waals surface area (Å²) in [4.78, 5) is 0. The van der Waals surface area contributed by atoms with Gasteiger partial charge in [0.15, 0.2) is 0 Å². The highest BCUT2D eigenvalue weighted by Crippen LogP contribution is 2.14. The summed E-state index contributed by atoms with van der Waals surface area (Å²) in [5.74, 6) is 0. The highest BCUT2D eigenvalue weighted by Gasteiger charge is 1.94. The van der Waals surface area contributed by atoms with E-state index < -0.39 is 0 Å². The maximum atomic E-state index is 5.85. The van der Waals surface area contributed by atoms with Crippen molar-refractivity contribution >= 4 is 35.6 Å². The van der Waals surface area contributed by atoms with Crippen molar-refractivity contribution in [1.29, 1.82) is 0 Å². The average molecular weight is 284 g/mol. The molecule has 1 aromatic carbocycles. The molecule has 0 aliphatic heterocycles. The normalized spacial score (nSPS) is 8.91. The third-order valence-electron chi connectivity index (χ3n) is 1.37. The monoisotopic (exact) mass is 283 g/mol. The first-order valence-corrected chi connectivity index (χ1v) is 3.66. The molecular formula is C8H11ClIN. The Morgan fingerprint density at radius 1 is 1.27 bits per heavy atom. The second kappa shape index (κ2) is 5.80. The predicted octanol–water partition coefficient (Wildman–Crippen LogP) is 2.46. The van der Waals surface area contributed by atoms with Gasteiger partial charge in [-0.15, -0.1) is 24.0 Å². The molecule has 0 bridgehead atoms. The van der Waals surface area contributed by atoms with Gasteiger partial charge in [0.05, 0.1) is 0 Å². The van der Waals surface area contributed by atoms with Crippen LogP contribution in [-0.4, -0.2) is 6.54 Å². The molecule has 0 radical (unpaired) electrons. The van der Waals surface area contributed by atoms with Crippen LogP contribution in [0.4, 0.5) is 0 Å². The molecule has 2 N–H and O–H groups in total. The van der Waals surface area contributed by atoms with Crippen molar-refractivity contribution in [3.05, 3.63) is 34.9 Å². The van der Waals surface area contributed by atoms with E-state index in [9.17, 15) is 0 Å². The smallest absolute Gasteiger partial charge is 0.0438 e. The molecule has 1 aromatic rings. The molecule has 0 spiro atoms. The topological polar surface area (TPSA) is 26.0 Å². The molecule has 0 fully saturated rings. The summed E-state index contributed by atoms with van der Waals surface area (Å²) in [6, 6.07) is 7.76. The largest absolute Gasteiger partial charge is 0.330 e. The highest BCUT2D eigenvalue weighted by atomic mass is 127. The van der Waals surface area contributed by atoms with Crippen molar-refractivity contribution in [2.75, 3.05) is 6.54 Å². The summed E-state index contributed by atoms with van der Waals surface area (Å²) in [5.41, 5.74) is 6.50. The highest BCUT2D eigenvalue weighted by molar-refractivity contribution is 14.0. The van der Waals surface area contributed by atoms with Crippen LogP contribution < -0.4 is 5.73 Å². The number of benzene rings is 1. The van der Waals surface area contributed by atoms with Gasteiger partial charge in [-0.05, 0) is 24.6 Å². The van der Waals surface area contributed by atoms with Crippen molar-refractivity contribution in [3.8, 4) is 0 Å². The van der Waals surface area contributed by atoms with Gasteiger partial charge >= 0.3 is 0 Å². The third kappa shape index (κ3) is 3.40. The Bertz CT molecular complexity index is 215. The Morgan fingerprint density at radius 3 is 2.45 bits per heavy atom. The molecule has 1 rings (SSSR count). The zero-order valence-corrected chi connectivity index (χ0v) is 9.17. The van der Waals surface area contributed by atoms with Crippen LogP contribution in [0.5, 0.6) is 0 Å². The molecule has 0 amide bonds. The summed E-state index contributed by atoms with van der Waals surface area (Å²) in [5, 5.41) is 0.813. The van der Waals surface area contributed by atoms with Crippen LogP contribution in [-0.2, 0) is 6.42 Å². The minimum absolute atomic E-state index is 0. The second-order valence-corrected chi connectivity index (χ2v) is 2.54. The number of hydrogen-bond donors (Lipinski definition) is 1. The molecule has 0 saturated carbocycles. The predicted molar refractivity (Wildman–Crippen MR) is 59.6 cm³/mol. The van der Waals surface area contributed by atoms with Gasteiger partial charge < -0.3 is 5.73 Å². The van der Waals surface area contributed by atoms with E-state index in [1.165, 1.54) is 0 Å². The van der Waals surface area contributed by atoms with Gasteiger partial charge in [-0.2, -0.15) is 0 Å². The lowest BCUT2D eigenvalue weighted by Gasteiger charge is -1.99. The lowest BCUT2D eigenvalue weighted by molar-refractivity contribution is 0.969. The molecule has 0 saturated heterocycles. The van der Waals surface area contributed by atoms with E-state index in [1.807, 2.05) is 24.3 Å². The summed E-state index contributed by atoms with van der Waals surface area (Å²) in [6.07, 6.45) is 0.861. The van der Waals surface area contributed by atoms with Crippen molar-refractivity contribution in [1.82, 2.24) is 0 Å². The molecule has 0 aliphatic rings. The number of hydrogen-bond acceptors (Lipinski definition) is 1. The van der Waals surface area contributed by atoms with Gasteiger partial charge in [0.25, 0.3) is 0 Å². The van der Waals surface area contributed by atoms with Gasteiger partial charge in [-0.25, -0.2) is 0 Å². The third-order valence-corrected chi connectivity index (χ3v) is 1.74. The molecule has 1 nitrogen and oxygen atoms in total. The Labute approximate surface area is 88.9 Å².